The summed E-state index contributed by atoms with van der Waals surface area (Å²) in [7, 11) is 0. The van der Waals surface area contributed by atoms with Crippen LogP contribution in [0.3, 0.4) is 0 Å². The average molecular weight is 347 g/mol. The number of hydrogen-bond acceptors (Lipinski definition) is 4. The summed E-state index contributed by atoms with van der Waals surface area (Å²) in [6.45, 7) is 6.69. The van der Waals surface area contributed by atoms with Crippen molar-refractivity contribution in [3.63, 3.8) is 0 Å². The van der Waals surface area contributed by atoms with Gasteiger partial charge in [0.1, 0.15) is 0 Å². The minimum atomic E-state index is -0.0741. The smallest absolute Gasteiger partial charge is 0.232 e. The molecule has 0 bridgehead atoms. The predicted octanol–water partition coefficient (Wildman–Crippen LogP) is 4.18. The zero-order valence-corrected chi connectivity index (χ0v) is 15.2. The number of amides is 1. The monoisotopic (exact) mass is 347 g/mol. The summed E-state index contributed by atoms with van der Waals surface area (Å²) in [6, 6.07) is 14.2. The standard InChI is InChI=1S/C21H21N3O2/c1-13-4-6-16(7-5-13)20-22-21(26-23-20)17-11-19(25)24(12-17)18-9-14(2)8-15(3)10-18/h4-10,17H,11-12H2,1-3H3/t17-/m1/s1. The lowest BCUT2D eigenvalue weighted by molar-refractivity contribution is -0.117. The van der Waals surface area contributed by atoms with E-state index in [2.05, 4.69) is 16.2 Å². The molecule has 1 atom stereocenters. The highest BCUT2D eigenvalue weighted by atomic mass is 16.5. The van der Waals surface area contributed by atoms with Gasteiger partial charge in [-0.2, -0.15) is 4.98 Å². The molecule has 5 heteroatoms. The Morgan fingerprint density at radius 3 is 2.38 bits per heavy atom. The van der Waals surface area contributed by atoms with Gasteiger partial charge in [-0.3, -0.25) is 4.79 Å². The quantitative estimate of drug-likeness (QED) is 0.713. The molecule has 1 amide bonds. The highest BCUT2D eigenvalue weighted by Crippen LogP contribution is 2.32. The lowest BCUT2D eigenvalue weighted by atomic mass is 10.1. The third-order valence-electron chi connectivity index (χ3n) is 4.74. The van der Waals surface area contributed by atoms with Gasteiger partial charge in [-0.15, -0.1) is 0 Å². The Labute approximate surface area is 152 Å². The summed E-state index contributed by atoms with van der Waals surface area (Å²) in [6.07, 6.45) is 0.391. The third kappa shape index (κ3) is 3.12. The molecule has 2 aromatic carbocycles. The SMILES string of the molecule is Cc1ccc(-c2noc([C@@H]3CC(=O)N(c4cc(C)cc(C)c4)C3)n2)cc1. The van der Waals surface area contributed by atoms with E-state index in [-0.39, 0.29) is 11.8 Å². The molecular formula is C21H21N3O2. The van der Waals surface area contributed by atoms with Gasteiger partial charge in [0.2, 0.25) is 17.6 Å². The van der Waals surface area contributed by atoms with E-state index in [1.165, 1.54) is 5.56 Å². The van der Waals surface area contributed by atoms with Crippen molar-refractivity contribution in [1.29, 1.82) is 0 Å². The van der Waals surface area contributed by atoms with E-state index < -0.39 is 0 Å². The van der Waals surface area contributed by atoms with E-state index in [4.69, 9.17) is 4.52 Å². The van der Waals surface area contributed by atoms with Gasteiger partial charge >= 0.3 is 0 Å². The summed E-state index contributed by atoms with van der Waals surface area (Å²) in [5, 5.41) is 4.10. The lowest BCUT2D eigenvalue weighted by Crippen LogP contribution is -2.24. The molecule has 5 nitrogen and oxygen atoms in total. The molecule has 132 valence electrons. The van der Waals surface area contributed by atoms with Gasteiger partial charge in [-0.25, -0.2) is 0 Å². The fraction of sp³-hybridized carbons (Fsp3) is 0.286. The summed E-state index contributed by atoms with van der Waals surface area (Å²) in [5.41, 5.74) is 5.34. The molecular weight excluding hydrogens is 326 g/mol. The first-order valence-corrected chi connectivity index (χ1v) is 8.79. The number of anilines is 1. The topological polar surface area (TPSA) is 59.2 Å². The summed E-state index contributed by atoms with van der Waals surface area (Å²) in [5.74, 6) is 1.11. The Morgan fingerprint density at radius 2 is 1.69 bits per heavy atom. The lowest BCUT2D eigenvalue weighted by Gasteiger charge is -2.17. The van der Waals surface area contributed by atoms with Crippen LogP contribution in [0.25, 0.3) is 11.4 Å². The van der Waals surface area contributed by atoms with Gasteiger partial charge < -0.3 is 9.42 Å². The average Bonchev–Trinajstić information content (AvgIpc) is 3.21. The Kier molecular flexibility index (Phi) is 4.07. The van der Waals surface area contributed by atoms with Gasteiger partial charge in [0.25, 0.3) is 0 Å². The minimum absolute atomic E-state index is 0.0741. The van der Waals surface area contributed by atoms with E-state index in [0.717, 1.165) is 22.4 Å². The van der Waals surface area contributed by atoms with Crippen LogP contribution < -0.4 is 4.90 Å². The van der Waals surface area contributed by atoms with Gasteiger partial charge in [0.15, 0.2) is 0 Å². The molecule has 1 aromatic heterocycles. The summed E-state index contributed by atoms with van der Waals surface area (Å²) < 4.78 is 5.47. The van der Waals surface area contributed by atoms with Crippen LogP contribution >= 0.6 is 0 Å². The highest BCUT2D eigenvalue weighted by molar-refractivity contribution is 5.96. The molecule has 1 fully saturated rings. The number of aryl methyl sites for hydroxylation is 3. The molecule has 26 heavy (non-hydrogen) atoms. The van der Waals surface area contributed by atoms with Crippen molar-refractivity contribution in [2.45, 2.75) is 33.1 Å². The maximum Gasteiger partial charge on any atom is 0.232 e. The van der Waals surface area contributed by atoms with Crippen LogP contribution in [-0.4, -0.2) is 22.6 Å². The molecule has 3 aromatic rings. The van der Waals surface area contributed by atoms with E-state index >= 15 is 0 Å². The molecule has 0 N–H and O–H groups in total. The molecule has 2 heterocycles. The normalized spacial score (nSPS) is 17.1. The first-order valence-electron chi connectivity index (χ1n) is 8.79. The molecule has 0 aliphatic carbocycles. The largest absolute Gasteiger partial charge is 0.339 e. The van der Waals surface area contributed by atoms with Crippen molar-refractivity contribution >= 4 is 11.6 Å². The fourth-order valence-corrected chi connectivity index (χ4v) is 3.45. The molecule has 1 aliphatic heterocycles. The first kappa shape index (κ1) is 16.5. The first-order chi connectivity index (χ1) is 12.5. The number of benzene rings is 2. The van der Waals surface area contributed by atoms with Crippen LogP contribution in [0.4, 0.5) is 5.69 Å². The molecule has 0 unspecified atom stereocenters. The Hall–Kier alpha value is -2.95. The molecule has 0 radical (unpaired) electrons. The van der Waals surface area contributed by atoms with Crippen LogP contribution in [0.5, 0.6) is 0 Å². The molecule has 1 aliphatic rings. The zero-order valence-electron chi connectivity index (χ0n) is 15.2. The number of carbonyl (C=O) groups excluding carboxylic acids is 1. The number of carbonyl (C=O) groups is 1. The summed E-state index contributed by atoms with van der Waals surface area (Å²) in [4.78, 5) is 18.9. The molecule has 1 saturated heterocycles. The maximum atomic E-state index is 12.5. The van der Waals surface area contributed by atoms with E-state index in [1.807, 2.05) is 62.1 Å². The van der Waals surface area contributed by atoms with Crippen LogP contribution in [0.1, 0.15) is 34.9 Å². The van der Waals surface area contributed by atoms with Crippen molar-refractivity contribution in [1.82, 2.24) is 10.1 Å². The Bertz CT molecular complexity index is 939. The molecule has 4 rings (SSSR count). The number of rotatable bonds is 3. The van der Waals surface area contributed by atoms with Crippen molar-refractivity contribution in [3.05, 3.63) is 65.0 Å². The second kappa shape index (κ2) is 6.41. The van der Waals surface area contributed by atoms with Gasteiger partial charge in [0.05, 0.1) is 5.92 Å². The number of nitrogens with zero attached hydrogens (tertiary/aromatic N) is 3. The van der Waals surface area contributed by atoms with Crippen LogP contribution in [0.15, 0.2) is 47.0 Å². The number of aromatic nitrogens is 2. The van der Waals surface area contributed by atoms with E-state index in [9.17, 15) is 4.79 Å². The zero-order chi connectivity index (χ0) is 18.3. The van der Waals surface area contributed by atoms with Crippen LogP contribution in [0.2, 0.25) is 0 Å². The maximum absolute atomic E-state index is 12.5. The second-order valence-corrected chi connectivity index (χ2v) is 7.07. The van der Waals surface area contributed by atoms with Crippen LogP contribution in [0, 0.1) is 20.8 Å². The van der Waals surface area contributed by atoms with Crippen molar-refractivity contribution < 1.29 is 9.32 Å². The van der Waals surface area contributed by atoms with Crippen LogP contribution in [-0.2, 0) is 4.79 Å². The minimum Gasteiger partial charge on any atom is -0.339 e. The van der Waals surface area contributed by atoms with Crippen molar-refractivity contribution in [2.75, 3.05) is 11.4 Å². The molecule has 0 spiro atoms. The number of hydrogen-bond donors (Lipinski definition) is 0. The van der Waals surface area contributed by atoms with Crippen molar-refractivity contribution in [3.8, 4) is 11.4 Å². The molecule has 0 saturated carbocycles. The van der Waals surface area contributed by atoms with Crippen molar-refractivity contribution in [2.24, 2.45) is 0 Å². The summed E-state index contributed by atoms with van der Waals surface area (Å²) >= 11 is 0. The Morgan fingerprint density at radius 1 is 1.00 bits per heavy atom. The van der Waals surface area contributed by atoms with E-state index in [0.29, 0.717) is 24.7 Å². The van der Waals surface area contributed by atoms with E-state index in [1.54, 1.807) is 0 Å². The fourth-order valence-electron chi connectivity index (χ4n) is 3.45. The van der Waals surface area contributed by atoms with Gasteiger partial charge in [0, 0.05) is 24.2 Å². The highest BCUT2D eigenvalue weighted by Gasteiger charge is 2.35. The third-order valence-corrected chi connectivity index (χ3v) is 4.74. The predicted molar refractivity (Wildman–Crippen MR) is 100 cm³/mol. The van der Waals surface area contributed by atoms with Gasteiger partial charge in [-0.05, 0) is 44.0 Å². The Balaban J connectivity index is 1.56. The van der Waals surface area contributed by atoms with Gasteiger partial charge in [-0.1, -0.05) is 41.1 Å². The second-order valence-electron chi connectivity index (χ2n) is 7.07.